The van der Waals surface area contributed by atoms with Crippen molar-refractivity contribution < 1.29 is 9.32 Å². The van der Waals surface area contributed by atoms with Gasteiger partial charge < -0.3 is 14.7 Å². The molecule has 1 fully saturated rings. The summed E-state index contributed by atoms with van der Waals surface area (Å²) in [4.78, 5) is 14.6. The first-order valence-electron chi connectivity index (χ1n) is 8.86. The number of nitrogens with zero attached hydrogens (tertiary/aromatic N) is 5. The lowest BCUT2D eigenvalue weighted by Crippen LogP contribution is -2.34. The van der Waals surface area contributed by atoms with Gasteiger partial charge in [-0.15, -0.1) is 5.10 Å². The molecule has 1 unspecified atom stereocenters. The minimum Gasteiger partial charge on any atom is -0.361 e. The van der Waals surface area contributed by atoms with Gasteiger partial charge in [0.25, 0.3) is 0 Å². The van der Waals surface area contributed by atoms with Crippen LogP contribution in [0.5, 0.6) is 0 Å². The normalized spacial score (nSPS) is 17.4. The van der Waals surface area contributed by atoms with E-state index in [1.807, 2.05) is 36.2 Å². The average molecular weight is 354 g/mol. The first kappa shape index (κ1) is 16.6. The Balaban J connectivity index is 1.52. The molecule has 1 aliphatic rings. The lowest BCUT2D eigenvalue weighted by molar-refractivity contribution is 0.204. The van der Waals surface area contributed by atoms with E-state index in [0.717, 1.165) is 35.3 Å². The summed E-state index contributed by atoms with van der Waals surface area (Å²) in [6.45, 7) is 4.83. The topological polar surface area (TPSA) is 89.1 Å². The number of rotatable bonds is 3. The van der Waals surface area contributed by atoms with Gasteiger partial charge in [0.2, 0.25) is 0 Å². The van der Waals surface area contributed by atoms with Crippen molar-refractivity contribution in [1.82, 2.24) is 25.1 Å². The third-order valence-corrected chi connectivity index (χ3v) is 4.83. The van der Waals surface area contributed by atoms with E-state index in [0.29, 0.717) is 12.2 Å². The third kappa shape index (κ3) is 2.91. The van der Waals surface area contributed by atoms with Crippen LogP contribution in [-0.2, 0) is 7.05 Å². The summed E-state index contributed by atoms with van der Waals surface area (Å²) >= 11 is 0. The molecule has 1 N–H and O–H groups in total. The summed E-state index contributed by atoms with van der Waals surface area (Å²) in [6.07, 6.45) is 1.84. The summed E-state index contributed by atoms with van der Waals surface area (Å²) in [6, 6.07) is 7.38. The summed E-state index contributed by atoms with van der Waals surface area (Å²) in [7, 11) is 1.84. The second-order valence-corrected chi connectivity index (χ2v) is 7.01. The second-order valence-electron chi connectivity index (χ2n) is 7.01. The molecule has 3 aromatic rings. The summed E-state index contributed by atoms with van der Waals surface area (Å²) in [5.74, 6) is 1.12. The molecule has 136 valence electrons. The maximum atomic E-state index is 12.8. The number of anilines is 1. The van der Waals surface area contributed by atoms with Crippen molar-refractivity contribution in [3.8, 4) is 0 Å². The van der Waals surface area contributed by atoms with Crippen molar-refractivity contribution in [3.05, 3.63) is 35.7 Å². The van der Waals surface area contributed by atoms with E-state index >= 15 is 0 Å². The molecule has 8 nitrogen and oxygen atoms in total. The number of aryl methyl sites for hydroxylation is 1. The van der Waals surface area contributed by atoms with Crippen molar-refractivity contribution in [2.75, 3.05) is 11.9 Å². The van der Waals surface area contributed by atoms with E-state index in [-0.39, 0.29) is 18.0 Å². The lowest BCUT2D eigenvalue weighted by atomic mass is 10.1. The Morgan fingerprint density at radius 1 is 1.35 bits per heavy atom. The van der Waals surface area contributed by atoms with Crippen LogP contribution in [0.3, 0.4) is 0 Å². The second kappa shape index (κ2) is 6.44. The number of urea groups is 1. The fraction of sp³-hybridized carbons (Fsp3) is 0.444. The monoisotopic (exact) mass is 354 g/mol. The molecule has 1 aromatic carbocycles. The van der Waals surface area contributed by atoms with Crippen LogP contribution in [0.15, 0.2) is 28.8 Å². The Morgan fingerprint density at radius 2 is 2.19 bits per heavy atom. The van der Waals surface area contributed by atoms with Crippen molar-refractivity contribution >= 4 is 22.8 Å². The maximum absolute atomic E-state index is 12.8. The quantitative estimate of drug-likeness (QED) is 0.778. The standard InChI is InChI=1S/C18H22N6O2/c1-11(2)17-10-14(21-26-17)16-5-4-8-24(16)18(25)19-12-6-7-15-13(9-12)20-22-23(15)3/h6-7,9-11,16H,4-5,8H2,1-3H3,(H,19,25). The van der Waals surface area contributed by atoms with Crippen LogP contribution < -0.4 is 5.32 Å². The molecule has 0 saturated carbocycles. The number of fused-ring (bicyclic) bond motifs is 1. The number of nitrogens with one attached hydrogen (secondary N) is 1. The van der Waals surface area contributed by atoms with Crippen molar-refractivity contribution in [2.45, 2.75) is 38.6 Å². The van der Waals surface area contributed by atoms with Gasteiger partial charge in [0.15, 0.2) is 0 Å². The highest BCUT2D eigenvalue weighted by Gasteiger charge is 2.32. The van der Waals surface area contributed by atoms with Crippen LogP contribution in [-0.4, -0.2) is 37.6 Å². The van der Waals surface area contributed by atoms with Crippen LogP contribution in [0.4, 0.5) is 10.5 Å². The van der Waals surface area contributed by atoms with Gasteiger partial charge in [0.1, 0.15) is 17.0 Å². The largest absolute Gasteiger partial charge is 0.361 e. The van der Waals surface area contributed by atoms with Gasteiger partial charge in [0, 0.05) is 31.3 Å². The van der Waals surface area contributed by atoms with Crippen LogP contribution in [0.25, 0.3) is 11.0 Å². The SMILES string of the molecule is CC(C)c1cc(C2CCCN2C(=O)Nc2ccc3c(c2)nnn3C)no1. The van der Waals surface area contributed by atoms with E-state index in [2.05, 4.69) is 34.6 Å². The van der Waals surface area contributed by atoms with Gasteiger partial charge in [-0.05, 0) is 31.0 Å². The fourth-order valence-corrected chi connectivity index (χ4v) is 3.36. The highest BCUT2D eigenvalue weighted by molar-refractivity contribution is 5.92. The molecule has 1 saturated heterocycles. The van der Waals surface area contributed by atoms with E-state index in [4.69, 9.17) is 4.52 Å². The summed E-state index contributed by atoms with van der Waals surface area (Å²) < 4.78 is 7.11. The number of carbonyl (C=O) groups is 1. The van der Waals surface area contributed by atoms with E-state index in [9.17, 15) is 4.79 Å². The molecule has 0 bridgehead atoms. The van der Waals surface area contributed by atoms with Gasteiger partial charge >= 0.3 is 6.03 Å². The molecule has 0 radical (unpaired) electrons. The van der Waals surface area contributed by atoms with E-state index < -0.39 is 0 Å². The number of carbonyl (C=O) groups excluding carboxylic acids is 1. The zero-order chi connectivity index (χ0) is 18.3. The van der Waals surface area contributed by atoms with Crippen molar-refractivity contribution in [1.29, 1.82) is 0 Å². The molecule has 8 heteroatoms. The molecular formula is C18H22N6O2. The number of hydrogen-bond donors (Lipinski definition) is 1. The highest BCUT2D eigenvalue weighted by Crippen LogP contribution is 2.33. The predicted octanol–water partition coefficient (Wildman–Crippen LogP) is 3.45. The Hall–Kier alpha value is -2.90. The zero-order valence-corrected chi connectivity index (χ0v) is 15.1. The Labute approximate surface area is 151 Å². The first-order valence-corrected chi connectivity index (χ1v) is 8.86. The van der Waals surface area contributed by atoms with Crippen LogP contribution in [0.2, 0.25) is 0 Å². The Kier molecular flexibility index (Phi) is 4.10. The molecule has 1 atom stereocenters. The van der Waals surface area contributed by atoms with Crippen molar-refractivity contribution in [2.24, 2.45) is 7.05 Å². The Morgan fingerprint density at radius 3 is 2.96 bits per heavy atom. The number of amides is 2. The first-order chi connectivity index (χ1) is 12.5. The Bertz CT molecular complexity index is 944. The molecule has 4 rings (SSSR count). The van der Waals surface area contributed by atoms with E-state index in [1.54, 1.807) is 4.68 Å². The van der Waals surface area contributed by atoms with Gasteiger partial charge in [-0.3, -0.25) is 0 Å². The third-order valence-electron chi connectivity index (χ3n) is 4.83. The lowest BCUT2D eigenvalue weighted by Gasteiger charge is -2.23. The van der Waals surface area contributed by atoms with Crippen molar-refractivity contribution in [3.63, 3.8) is 0 Å². The predicted molar refractivity (Wildman–Crippen MR) is 96.8 cm³/mol. The number of aromatic nitrogens is 4. The number of hydrogen-bond acceptors (Lipinski definition) is 5. The molecule has 26 heavy (non-hydrogen) atoms. The summed E-state index contributed by atoms with van der Waals surface area (Å²) in [5, 5.41) is 15.2. The van der Waals surface area contributed by atoms with Gasteiger partial charge in [-0.1, -0.05) is 24.2 Å². The molecule has 2 aromatic heterocycles. The minimum absolute atomic E-state index is 0.0495. The van der Waals surface area contributed by atoms with Gasteiger partial charge in [0.05, 0.1) is 11.6 Å². The minimum atomic E-state index is -0.134. The fourth-order valence-electron chi connectivity index (χ4n) is 3.36. The molecule has 1 aliphatic heterocycles. The van der Waals surface area contributed by atoms with Crippen LogP contribution in [0, 0.1) is 0 Å². The van der Waals surface area contributed by atoms with Gasteiger partial charge in [-0.25, -0.2) is 9.48 Å². The molecule has 0 spiro atoms. The molecule has 0 aliphatic carbocycles. The zero-order valence-electron chi connectivity index (χ0n) is 15.1. The molecular weight excluding hydrogens is 332 g/mol. The molecule has 3 heterocycles. The number of likely N-dealkylation sites (tertiary alicyclic amines) is 1. The smallest absolute Gasteiger partial charge is 0.322 e. The highest BCUT2D eigenvalue weighted by atomic mass is 16.5. The van der Waals surface area contributed by atoms with Gasteiger partial charge in [-0.2, -0.15) is 0 Å². The van der Waals surface area contributed by atoms with E-state index in [1.165, 1.54) is 0 Å². The van der Waals surface area contributed by atoms with Crippen LogP contribution >= 0.6 is 0 Å². The average Bonchev–Trinajstić information content (AvgIpc) is 3.33. The maximum Gasteiger partial charge on any atom is 0.322 e. The summed E-state index contributed by atoms with van der Waals surface area (Å²) in [5.41, 5.74) is 3.20. The molecule has 2 amide bonds. The van der Waals surface area contributed by atoms with Crippen LogP contribution in [0.1, 0.15) is 50.1 Å². The number of benzene rings is 1.